The van der Waals surface area contributed by atoms with Crippen molar-refractivity contribution in [1.82, 2.24) is 35.8 Å². The van der Waals surface area contributed by atoms with E-state index >= 15 is 0 Å². The van der Waals surface area contributed by atoms with Gasteiger partial charge in [0, 0.05) is 49.4 Å². The number of fused-ring (bicyclic) bond motifs is 3. The van der Waals surface area contributed by atoms with Crippen LogP contribution in [0.15, 0.2) is 91.3 Å². The van der Waals surface area contributed by atoms with Crippen molar-refractivity contribution in [3.63, 3.8) is 0 Å². The minimum Gasteiger partial charge on any atom is -0.458 e. The molecule has 2 aliphatic rings. The molecule has 0 bridgehead atoms. The van der Waals surface area contributed by atoms with Crippen LogP contribution in [0.3, 0.4) is 0 Å². The molecule has 1 spiro atoms. The SMILES string of the molecule is CC(C)(C)OC(=O)[C@@H](CCCCNC(=O)OCc1ccccc1)NC(=O)C(C)(C)c1c[nH]c([C@@H](Cc2c[nH]c3ccccc23)NC(=O)N2CCC3(CCc4ccccc43)CC2)n1. The quantitative estimate of drug-likeness (QED) is 0.0524. The van der Waals surface area contributed by atoms with Gasteiger partial charge < -0.3 is 40.3 Å². The first-order valence-electron chi connectivity index (χ1n) is 21.9. The van der Waals surface area contributed by atoms with E-state index in [1.807, 2.05) is 59.6 Å². The van der Waals surface area contributed by atoms with E-state index < -0.39 is 41.1 Å². The third kappa shape index (κ3) is 10.5. The molecule has 0 saturated carbocycles. The highest BCUT2D eigenvalue weighted by molar-refractivity contribution is 5.91. The number of nitrogens with one attached hydrogen (secondary N) is 5. The van der Waals surface area contributed by atoms with Crippen molar-refractivity contribution in [2.75, 3.05) is 19.6 Å². The Morgan fingerprint density at radius 2 is 1.56 bits per heavy atom. The summed E-state index contributed by atoms with van der Waals surface area (Å²) in [6.07, 6.45) is 9.03. The van der Waals surface area contributed by atoms with Gasteiger partial charge in [0.15, 0.2) is 0 Å². The van der Waals surface area contributed by atoms with Crippen molar-refractivity contribution in [1.29, 1.82) is 0 Å². The molecule has 7 rings (SSSR count). The third-order valence-corrected chi connectivity index (χ3v) is 12.4. The number of likely N-dealkylation sites (tertiary alicyclic amines) is 1. The highest BCUT2D eigenvalue weighted by Crippen LogP contribution is 2.46. The first kappa shape index (κ1) is 44.0. The van der Waals surface area contributed by atoms with Crippen molar-refractivity contribution in [2.45, 2.75) is 121 Å². The number of amides is 4. The number of rotatable bonds is 15. The molecule has 1 aliphatic carbocycles. The Bertz CT molecular complexity index is 2340. The molecule has 13 nitrogen and oxygen atoms in total. The summed E-state index contributed by atoms with van der Waals surface area (Å²) in [6, 6.07) is 24.6. The summed E-state index contributed by atoms with van der Waals surface area (Å²) in [5.74, 6) is -0.417. The van der Waals surface area contributed by atoms with Crippen molar-refractivity contribution in [3.8, 4) is 0 Å². The van der Waals surface area contributed by atoms with E-state index in [4.69, 9.17) is 14.5 Å². The predicted molar refractivity (Wildman–Crippen MR) is 238 cm³/mol. The Morgan fingerprint density at radius 3 is 2.34 bits per heavy atom. The molecule has 1 saturated heterocycles. The van der Waals surface area contributed by atoms with Gasteiger partial charge in [0.05, 0.1) is 17.2 Å². The topological polar surface area (TPSA) is 171 Å². The lowest BCUT2D eigenvalue weighted by Crippen LogP contribution is -2.50. The molecule has 0 radical (unpaired) electrons. The zero-order valence-corrected chi connectivity index (χ0v) is 36.6. The second-order valence-corrected chi connectivity index (χ2v) is 18.3. The number of para-hydroxylation sites is 1. The molecule has 5 N–H and O–H groups in total. The van der Waals surface area contributed by atoms with Gasteiger partial charge in [-0.2, -0.15) is 0 Å². The Kier molecular flexibility index (Phi) is 13.4. The predicted octanol–water partition coefficient (Wildman–Crippen LogP) is 8.07. The molecular formula is C49H61N7O6. The maximum Gasteiger partial charge on any atom is 0.407 e. The number of aromatic amines is 2. The van der Waals surface area contributed by atoms with Crippen molar-refractivity contribution in [2.24, 2.45) is 0 Å². The Morgan fingerprint density at radius 1 is 0.839 bits per heavy atom. The number of imidazole rings is 1. The van der Waals surface area contributed by atoms with E-state index in [9.17, 15) is 19.2 Å². The standard InChI is InChI=1S/C49H61N7O6/c1-47(2,3)62-43(57)39(21-13-14-26-50-46(60)61-32-33-15-7-6-8-16-33)53-44(58)48(4,5)41-31-52-42(55-41)40(29-35-30-51-38-20-12-10-18-36(35)38)54-45(59)56-27-24-49(25-28-56)23-22-34-17-9-11-19-37(34)49/h6-12,15-20,30-31,39-40,51H,13-14,21-29,32H2,1-5H3,(H,50,60)(H,52,55)(H,53,58)(H,54,59)/t39-,40-/m1/s1. The molecule has 2 aromatic heterocycles. The maximum absolute atomic E-state index is 14.1. The first-order chi connectivity index (χ1) is 29.7. The highest BCUT2D eigenvalue weighted by atomic mass is 16.6. The van der Waals surface area contributed by atoms with E-state index in [2.05, 4.69) is 56.3 Å². The lowest BCUT2D eigenvalue weighted by molar-refractivity contribution is -0.159. The molecule has 0 unspecified atom stereocenters. The molecular weight excluding hydrogens is 783 g/mol. The zero-order chi connectivity index (χ0) is 43.9. The number of ether oxygens (including phenoxy) is 2. The molecule has 1 aliphatic heterocycles. The minimum atomic E-state index is -1.17. The van der Waals surface area contributed by atoms with E-state index in [1.165, 1.54) is 11.1 Å². The van der Waals surface area contributed by atoms with E-state index in [1.54, 1.807) is 40.8 Å². The van der Waals surface area contributed by atoms with Crippen LogP contribution in [-0.4, -0.2) is 75.1 Å². The van der Waals surface area contributed by atoms with Crippen LogP contribution >= 0.6 is 0 Å². The Labute approximate surface area is 364 Å². The smallest absolute Gasteiger partial charge is 0.407 e. The van der Waals surface area contributed by atoms with Gasteiger partial charge in [0.1, 0.15) is 24.1 Å². The van der Waals surface area contributed by atoms with Crippen LogP contribution in [0, 0.1) is 0 Å². The third-order valence-electron chi connectivity index (χ3n) is 12.4. The van der Waals surface area contributed by atoms with Gasteiger partial charge in [-0.15, -0.1) is 0 Å². The number of carbonyl (C=O) groups excluding carboxylic acids is 4. The average Bonchev–Trinajstić information content (AvgIpc) is 4.01. The van der Waals surface area contributed by atoms with Gasteiger partial charge >= 0.3 is 18.1 Å². The molecule has 1 fully saturated rings. The number of nitrogens with zero attached hydrogens (tertiary/aromatic N) is 2. The van der Waals surface area contributed by atoms with E-state index in [0.717, 1.165) is 47.7 Å². The van der Waals surface area contributed by atoms with Crippen LogP contribution in [0.4, 0.5) is 9.59 Å². The van der Waals surface area contributed by atoms with Crippen LogP contribution in [0.2, 0.25) is 0 Å². The number of benzene rings is 3. The lowest BCUT2D eigenvalue weighted by Gasteiger charge is -2.40. The summed E-state index contributed by atoms with van der Waals surface area (Å²) < 4.78 is 11.0. The fraction of sp³-hybridized carbons (Fsp3) is 0.449. The van der Waals surface area contributed by atoms with Gasteiger partial charge in [0.25, 0.3) is 0 Å². The van der Waals surface area contributed by atoms with Crippen molar-refractivity contribution >= 4 is 34.9 Å². The van der Waals surface area contributed by atoms with Crippen LogP contribution in [0.1, 0.15) is 113 Å². The number of esters is 1. The minimum absolute atomic E-state index is 0.122. The fourth-order valence-electron chi connectivity index (χ4n) is 8.75. The number of urea groups is 1. The lowest BCUT2D eigenvalue weighted by atomic mass is 9.74. The number of aryl methyl sites for hydroxylation is 1. The van der Waals surface area contributed by atoms with Crippen LogP contribution < -0.4 is 16.0 Å². The summed E-state index contributed by atoms with van der Waals surface area (Å²) in [7, 11) is 0. The molecule has 5 aromatic rings. The van der Waals surface area contributed by atoms with Crippen LogP contribution in [-0.2, 0) is 49.3 Å². The molecule has 62 heavy (non-hydrogen) atoms. The summed E-state index contributed by atoms with van der Waals surface area (Å²) in [5, 5.41) is 10.1. The average molecular weight is 844 g/mol. The van der Waals surface area contributed by atoms with Crippen molar-refractivity contribution in [3.05, 3.63) is 125 Å². The number of hydrogen-bond acceptors (Lipinski definition) is 7. The normalized spacial score (nSPS) is 15.7. The van der Waals surface area contributed by atoms with Crippen LogP contribution in [0.25, 0.3) is 10.9 Å². The monoisotopic (exact) mass is 843 g/mol. The molecule has 4 amide bonds. The molecule has 328 valence electrons. The Balaban J connectivity index is 1.01. The first-order valence-corrected chi connectivity index (χ1v) is 21.9. The number of aromatic nitrogens is 3. The zero-order valence-electron chi connectivity index (χ0n) is 36.6. The van der Waals surface area contributed by atoms with Crippen molar-refractivity contribution < 1.29 is 28.7 Å². The van der Waals surface area contributed by atoms with Gasteiger partial charge in [-0.25, -0.2) is 19.4 Å². The summed E-state index contributed by atoms with van der Waals surface area (Å²) in [5.41, 5.74) is 4.43. The van der Waals surface area contributed by atoms with Gasteiger partial charge in [0.2, 0.25) is 5.91 Å². The van der Waals surface area contributed by atoms with Gasteiger partial charge in [-0.05, 0) is 113 Å². The van der Waals surface area contributed by atoms with Gasteiger partial charge in [-0.1, -0.05) is 72.8 Å². The largest absolute Gasteiger partial charge is 0.458 e. The number of alkyl carbamates (subject to hydrolysis) is 1. The maximum atomic E-state index is 14.1. The molecule has 13 heteroatoms. The second-order valence-electron chi connectivity index (χ2n) is 18.3. The van der Waals surface area contributed by atoms with Gasteiger partial charge in [-0.3, -0.25) is 4.79 Å². The molecule has 3 aromatic carbocycles. The van der Waals surface area contributed by atoms with Crippen LogP contribution in [0.5, 0.6) is 0 Å². The Hall–Kier alpha value is -6.11. The number of H-pyrrole nitrogens is 2. The summed E-state index contributed by atoms with van der Waals surface area (Å²) in [6.45, 7) is 10.7. The number of hydrogen-bond donors (Lipinski definition) is 5. The van der Waals surface area contributed by atoms with E-state index in [-0.39, 0.29) is 18.1 Å². The number of unbranched alkanes of at least 4 members (excludes halogenated alkanes) is 1. The fourth-order valence-corrected chi connectivity index (χ4v) is 8.75. The highest BCUT2D eigenvalue weighted by Gasteiger charge is 2.42. The number of carbonyl (C=O) groups is 4. The van der Waals surface area contributed by atoms with E-state index in [0.29, 0.717) is 56.8 Å². The second kappa shape index (κ2) is 18.9. The number of piperidine rings is 1. The molecule has 3 heterocycles. The summed E-state index contributed by atoms with van der Waals surface area (Å²) >= 11 is 0. The molecule has 2 atom stereocenters. The summed E-state index contributed by atoms with van der Waals surface area (Å²) in [4.78, 5) is 67.5.